The van der Waals surface area contributed by atoms with E-state index in [1.807, 2.05) is 17.8 Å². The molecule has 0 bridgehead atoms. The summed E-state index contributed by atoms with van der Waals surface area (Å²) in [5, 5.41) is 0. The second-order valence-electron chi connectivity index (χ2n) is 6.84. The summed E-state index contributed by atoms with van der Waals surface area (Å²) in [5.41, 5.74) is 3.58. The van der Waals surface area contributed by atoms with Crippen molar-refractivity contribution in [3.8, 4) is 0 Å². The van der Waals surface area contributed by atoms with Crippen LogP contribution >= 0.6 is 11.8 Å². The highest BCUT2D eigenvalue weighted by atomic mass is 32.2. The first kappa shape index (κ1) is 17.6. The van der Waals surface area contributed by atoms with E-state index in [-0.39, 0.29) is 12.0 Å². The maximum atomic E-state index is 12.8. The van der Waals surface area contributed by atoms with Crippen molar-refractivity contribution in [2.24, 2.45) is 0 Å². The van der Waals surface area contributed by atoms with Crippen LogP contribution in [-0.2, 0) is 9.53 Å². The second kappa shape index (κ2) is 8.21. The maximum Gasteiger partial charge on any atom is 0.246 e. The van der Waals surface area contributed by atoms with Gasteiger partial charge in [-0.1, -0.05) is 23.8 Å². The first-order chi connectivity index (χ1) is 11.6. The van der Waals surface area contributed by atoms with E-state index in [0.29, 0.717) is 6.04 Å². The number of thioether (sulfide) groups is 1. The maximum absolute atomic E-state index is 12.8. The van der Waals surface area contributed by atoms with Gasteiger partial charge in [-0.05, 0) is 56.1 Å². The largest absolute Gasteiger partial charge is 0.376 e. The standard InChI is InChI=1S/C20H27NO2S/c1-15-5-6-17(16(2)12-15)7-8-20(22)21(18-9-11-24-14-18)13-19-4-3-10-23-19/h5-8,12,18-19H,3-4,9-11,13-14H2,1-2H3/b8-7-/t18-,19-/m0/s1. The highest BCUT2D eigenvalue weighted by molar-refractivity contribution is 7.99. The van der Waals surface area contributed by atoms with Crippen LogP contribution in [0.3, 0.4) is 0 Å². The Balaban J connectivity index is 1.70. The summed E-state index contributed by atoms with van der Waals surface area (Å²) in [7, 11) is 0. The van der Waals surface area contributed by atoms with Gasteiger partial charge in [0.15, 0.2) is 0 Å². The lowest BCUT2D eigenvalue weighted by Crippen LogP contribution is -2.44. The van der Waals surface area contributed by atoms with Gasteiger partial charge in [0, 0.05) is 31.0 Å². The van der Waals surface area contributed by atoms with Gasteiger partial charge >= 0.3 is 0 Å². The molecule has 0 unspecified atom stereocenters. The molecule has 2 fully saturated rings. The lowest BCUT2D eigenvalue weighted by Gasteiger charge is -2.29. The number of nitrogens with zero attached hydrogens (tertiary/aromatic N) is 1. The average molecular weight is 346 g/mol. The van der Waals surface area contributed by atoms with Crippen molar-refractivity contribution in [2.75, 3.05) is 24.7 Å². The molecule has 0 saturated carbocycles. The van der Waals surface area contributed by atoms with Crippen LogP contribution < -0.4 is 0 Å². The number of carbonyl (C=O) groups excluding carboxylic acids is 1. The number of aryl methyl sites for hydroxylation is 2. The van der Waals surface area contributed by atoms with Gasteiger partial charge in [-0.2, -0.15) is 11.8 Å². The Morgan fingerprint density at radius 1 is 1.38 bits per heavy atom. The molecule has 3 nitrogen and oxygen atoms in total. The summed E-state index contributed by atoms with van der Waals surface area (Å²) in [6.07, 6.45) is 7.21. The molecule has 1 aromatic rings. The highest BCUT2D eigenvalue weighted by Gasteiger charge is 2.29. The second-order valence-corrected chi connectivity index (χ2v) is 7.99. The molecule has 1 amide bonds. The summed E-state index contributed by atoms with van der Waals surface area (Å²) in [6, 6.07) is 6.69. The number of hydrogen-bond donors (Lipinski definition) is 0. The van der Waals surface area contributed by atoms with Crippen molar-refractivity contribution >= 4 is 23.7 Å². The van der Waals surface area contributed by atoms with Crippen molar-refractivity contribution in [2.45, 2.75) is 45.3 Å². The molecule has 0 aliphatic carbocycles. The highest BCUT2D eigenvalue weighted by Crippen LogP contribution is 2.25. The Morgan fingerprint density at radius 2 is 2.25 bits per heavy atom. The molecule has 0 spiro atoms. The van der Waals surface area contributed by atoms with Gasteiger partial charge in [-0.15, -0.1) is 0 Å². The predicted molar refractivity (Wildman–Crippen MR) is 101 cm³/mol. The number of benzene rings is 1. The van der Waals surface area contributed by atoms with Gasteiger partial charge in [0.05, 0.1) is 6.10 Å². The van der Waals surface area contributed by atoms with E-state index in [9.17, 15) is 4.79 Å². The van der Waals surface area contributed by atoms with E-state index in [4.69, 9.17) is 4.74 Å². The molecule has 0 radical (unpaired) electrons. The number of rotatable bonds is 5. The summed E-state index contributed by atoms with van der Waals surface area (Å²) in [6.45, 7) is 5.76. The van der Waals surface area contributed by atoms with E-state index in [2.05, 4.69) is 36.9 Å². The normalized spacial score (nSPS) is 23.9. The van der Waals surface area contributed by atoms with Crippen LogP contribution in [0.15, 0.2) is 24.3 Å². The van der Waals surface area contributed by atoms with Crippen molar-refractivity contribution < 1.29 is 9.53 Å². The molecular formula is C20H27NO2S. The summed E-state index contributed by atoms with van der Waals surface area (Å²) in [5.74, 6) is 2.33. The fraction of sp³-hybridized carbons (Fsp3) is 0.550. The summed E-state index contributed by atoms with van der Waals surface area (Å²) < 4.78 is 5.76. The van der Waals surface area contributed by atoms with E-state index in [1.165, 1.54) is 11.1 Å². The molecule has 3 rings (SSSR count). The first-order valence-electron chi connectivity index (χ1n) is 8.89. The average Bonchev–Trinajstić information content (AvgIpc) is 3.25. The molecule has 2 heterocycles. The molecule has 24 heavy (non-hydrogen) atoms. The molecule has 4 heteroatoms. The Morgan fingerprint density at radius 3 is 2.92 bits per heavy atom. The minimum Gasteiger partial charge on any atom is -0.376 e. The van der Waals surface area contributed by atoms with Crippen LogP contribution in [0.25, 0.3) is 6.08 Å². The quantitative estimate of drug-likeness (QED) is 0.760. The summed E-state index contributed by atoms with van der Waals surface area (Å²) >= 11 is 1.95. The van der Waals surface area contributed by atoms with E-state index in [0.717, 1.165) is 49.5 Å². The Labute approximate surface area is 149 Å². The fourth-order valence-electron chi connectivity index (χ4n) is 3.46. The third-order valence-corrected chi connectivity index (χ3v) is 6.03. The van der Waals surface area contributed by atoms with Crippen LogP contribution in [0.1, 0.15) is 36.0 Å². The minimum absolute atomic E-state index is 0.123. The lowest BCUT2D eigenvalue weighted by molar-refractivity contribution is -0.129. The Kier molecular flexibility index (Phi) is 6.01. The number of ether oxygens (including phenoxy) is 1. The molecule has 1 aromatic carbocycles. The third kappa shape index (κ3) is 4.42. The van der Waals surface area contributed by atoms with Gasteiger partial charge in [0.2, 0.25) is 5.91 Å². The number of amides is 1. The van der Waals surface area contributed by atoms with Gasteiger partial charge in [-0.3, -0.25) is 4.79 Å². The van der Waals surface area contributed by atoms with Gasteiger partial charge < -0.3 is 9.64 Å². The number of carbonyl (C=O) groups is 1. The third-order valence-electron chi connectivity index (χ3n) is 4.88. The summed E-state index contributed by atoms with van der Waals surface area (Å²) in [4.78, 5) is 14.9. The van der Waals surface area contributed by atoms with Crippen molar-refractivity contribution in [1.82, 2.24) is 4.90 Å². The SMILES string of the molecule is Cc1ccc(/C=C\C(=O)N(C[C@@H]2CCCO2)[C@H]2CCSC2)c(C)c1. The monoisotopic (exact) mass is 345 g/mol. The van der Waals surface area contributed by atoms with Crippen molar-refractivity contribution in [1.29, 1.82) is 0 Å². The number of hydrogen-bond acceptors (Lipinski definition) is 3. The molecule has 2 aliphatic heterocycles. The Hall–Kier alpha value is -1.26. The van der Waals surface area contributed by atoms with Crippen LogP contribution in [0, 0.1) is 13.8 Å². The molecule has 2 aliphatic rings. The fourth-order valence-corrected chi connectivity index (χ4v) is 4.69. The van der Waals surface area contributed by atoms with Gasteiger partial charge in [0.25, 0.3) is 0 Å². The zero-order valence-electron chi connectivity index (χ0n) is 14.7. The molecule has 130 valence electrons. The van der Waals surface area contributed by atoms with E-state index in [1.54, 1.807) is 6.08 Å². The van der Waals surface area contributed by atoms with Gasteiger partial charge in [0.1, 0.15) is 0 Å². The molecule has 0 aromatic heterocycles. The van der Waals surface area contributed by atoms with Crippen molar-refractivity contribution in [3.63, 3.8) is 0 Å². The lowest BCUT2D eigenvalue weighted by atomic mass is 10.1. The Bertz CT molecular complexity index is 602. The minimum atomic E-state index is 0.123. The topological polar surface area (TPSA) is 29.5 Å². The van der Waals surface area contributed by atoms with Crippen molar-refractivity contribution in [3.05, 3.63) is 41.0 Å². The molecule has 2 atom stereocenters. The molecule has 2 saturated heterocycles. The van der Waals surface area contributed by atoms with Crippen LogP contribution in [0.4, 0.5) is 0 Å². The van der Waals surface area contributed by atoms with Crippen LogP contribution in [-0.4, -0.2) is 47.6 Å². The van der Waals surface area contributed by atoms with Crippen LogP contribution in [0.5, 0.6) is 0 Å². The zero-order valence-corrected chi connectivity index (χ0v) is 15.5. The molecular weight excluding hydrogens is 318 g/mol. The smallest absolute Gasteiger partial charge is 0.246 e. The zero-order chi connectivity index (χ0) is 16.9. The van der Waals surface area contributed by atoms with Crippen LogP contribution in [0.2, 0.25) is 0 Å². The molecule has 0 N–H and O–H groups in total. The van der Waals surface area contributed by atoms with Gasteiger partial charge in [-0.25, -0.2) is 0 Å². The van der Waals surface area contributed by atoms with E-state index < -0.39 is 0 Å². The predicted octanol–water partition coefficient (Wildman–Crippen LogP) is 3.83. The first-order valence-corrected chi connectivity index (χ1v) is 10.0. The van der Waals surface area contributed by atoms with E-state index >= 15 is 0 Å².